The molecule has 1 amide bonds. The molecule has 0 fully saturated rings. The van der Waals surface area contributed by atoms with Gasteiger partial charge in [-0.15, -0.1) is 0 Å². The summed E-state index contributed by atoms with van der Waals surface area (Å²) in [5, 5.41) is 2.53. The van der Waals surface area contributed by atoms with Gasteiger partial charge in [0, 0.05) is 10.6 Å². The Morgan fingerprint density at radius 2 is 1.71 bits per heavy atom. The molecule has 0 aliphatic rings. The van der Waals surface area contributed by atoms with Gasteiger partial charge in [0.25, 0.3) is 11.7 Å². The van der Waals surface area contributed by atoms with E-state index in [-0.39, 0.29) is 0 Å². The molecule has 2 aromatic carbocycles. The lowest BCUT2D eigenvalue weighted by Crippen LogP contribution is -2.20. The molecule has 0 unspecified atom stereocenters. The van der Waals surface area contributed by atoms with Crippen LogP contribution >= 0.6 is 11.8 Å². The van der Waals surface area contributed by atoms with Gasteiger partial charge >= 0.3 is 5.97 Å². The molecule has 0 saturated heterocycles. The van der Waals surface area contributed by atoms with E-state index in [4.69, 9.17) is 4.74 Å². The minimum absolute atomic E-state index is 0.363. The molecule has 1 N–H and O–H groups in total. The van der Waals surface area contributed by atoms with Crippen molar-refractivity contribution in [3.05, 3.63) is 59.7 Å². The number of hydrogen-bond donors (Lipinski definition) is 1. The molecule has 126 valence electrons. The summed E-state index contributed by atoms with van der Waals surface area (Å²) in [6.07, 6.45) is 0. The van der Waals surface area contributed by atoms with Crippen LogP contribution in [0.2, 0.25) is 0 Å². The fourth-order valence-electron chi connectivity index (χ4n) is 1.82. The van der Waals surface area contributed by atoms with E-state index in [9.17, 15) is 18.4 Å². The van der Waals surface area contributed by atoms with Gasteiger partial charge in [0.2, 0.25) is 0 Å². The Bertz CT molecular complexity index is 703. The lowest BCUT2D eigenvalue weighted by Gasteiger charge is -2.07. The number of alkyl halides is 2. The number of aryl methyl sites for hydroxylation is 1. The summed E-state index contributed by atoms with van der Waals surface area (Å²) in [5.41, 5.74) is 1.81. The van der Waals surface area contributed by atoms with Crippen LogP contribution in [0.3, 0.4) is 0 Å². The summed E-state index contributed by atoms with van der Waals surface area (Å²) >= 11 is 0.423. The topological polar surface area (TPSA) is 55.4 Å². The highest BCUT2D eigenvalue weighted by Crippen LogP contribution is 2.26. The predicted molar refractivity (Wildman–Crippen MR) is 88.4 cm³/mol. The van der Waals surface area contributed by atoms with Gasteiger partial charge in [-0.25, -0.2) is 4.79 Å². The van der Waals surface area contributed by atoms with Crippen molar-refractivity contribution >= 4 is 29.3 Å². The Labute approximate surface area is 142 Å². The Morgan fingerprint density at radius 1 is 1.08 bits per heavy atom. The number of halogens is 2. The van der Waals surface area contributed by atoms with E-state index in [1.165, 1.54) is 24.3 Å². The van der Waals surface area contributed by atoms with Crippen LogP contribution in [0.5, 0.6) is 0 Å². The van der Waals surface area contributed by atoms with Crippen LogP contribution in [-0.2, 0) is 9.53 Å². The van der Waals surface area contributed by atoms with Crippen molar-refractivity contribution < 1.29 is 23.1 Å². The number of carbonyl (C=O) groups is 2. The van der Waals surface area contributed by atoms with Crippen molar-refractivity contribution in [1.82, 2.24) is 0 Å². The number of nitrogens with one attached hydrogen (secondary N) is 1. The Balaban J connectivity index is 1.82. The predicted octanol–water partition coefficient (Wildman–Crippen LogP) is 4.11. The zero-order valence-electron chi connectivity index (χ0n) is 12.8. The van der Waals surface area contributed by atoms with Crippen molar-refractivity contribution in [2.75, 3.05) is 11.9 Å². The smallest absolute Gasteiger partial charge is 0.338 e. The molecule has 24 heavy (non-hydrogen) atoms. The number of thioether (sulfide) groups is 1. The maximum absolute atomic E-state index is 12.2. The fraction of sp³-hybridized carbons (Fsp3) is 0.176. The number of hydrogen-bond acceptors (Lipinski definition) is 4. The average Bonchev–Trinajstić information content (AvgIpc) is 2.54. The van der Waals surface area contributed by atoms with Crippen molar-refractivity contribution in [3.8, 4) is 0 Å². The van der Waals surface area contributed by atoms with Crippen LogP contribution < -0.4 is 5.32 Å². The van der Waals surface area contributed by atoms with E-state index in [0.29, 0.717) is 27.9 Å². The molecule has 0 aromatic heterocycles. The summed E-state index contributed by atoms with van der Waals surface area (Å²) in [6, 6.07) is 12.7. The lowest BCUT2D eigenvalue weighted by atomic mass is 10.1. The van der Waals surface area contributed by atoms with Crippen LogP contribution in [0.15, 0.2) is 53.4 Å². The number of carbonyl (C=O) groups excluding carboxylic acids is 2. The van der Waals surface area contributed by atoms with Gasteiger partial charge < -0.3 is 10.1 Å². The molecular weight excluding hydrogens is 336 g/mol. The van der Waals surface area contributed by atoms with Crippen LogP contribution in [0.1, 0.15) is 15.9 Å². The molecular formula is C17H15F2NO3S. The number of rotatable bonds is 6. The molecule has 0 aliphatic heterocycles. The first-order chi connectivity index (χ1) is 11.4. The van der Waals surface area contributed by atoms with Gasteiger partial charge in [0.05, 0.1) is 5.56 Å². The second-order valence-corrected chi connectivity index (χ2v) is 5.96. The molecule has 0 aliphatic carbocycles. The molecule has 4 nitrogen and oxygen atoms in total. The second kappa shape index (κ2) is 8.44. The summed E-state index contributed by atoms with van der Waals surface area (Å²) in [7, 11) is 0. The van der Waals surface area contributed by atoms with E-state index in [1.807, 2.05) is 6.92 Å². The van der Waals surface area contributed by atoms with E-state index < -0.39 is 24.2 Å². The summed E-state index contributed by atoms with van der Waals surface area (Å²) < 4.78 is 29.4. The summed E-state index contributed by atoms with van der Waals surface area (Å²) in [5.74, 6) is -3.59. The van der Waals surface area contributed by atoms with E-state index in [2.05, 4.69) is 5.32 Å². The van der Waals surface area contributed by atoms with Gasteiger partial charge in [0.15, 0.2) is 6.61 Å². The van der Waals surface area contributed by atoms with E-state index in [1.54, 1.807) is 24.3 Å². The number of benzene rings is 2. The van der Waals surface area contributed by atoms with Crippen molar-refractivity contribution in [2.24, 2.45) is 0 Å². The van der Waals surface area contributed by atoms with Gasteiger partial charge in [-0.1, -0.05) is 29.5 Å². The van der Waals surface area contributed by atoms with Crippen LogP contribution in [-0.4, -0.2) is 24.2 Å². The first kappa shape index (κ1) is 17.9. The molecule has 0 heterocycles. The summed E-state index contributed by atoms with van der Waals surface area (Å²) in [6.45, 7) is 1.47. The highest BCUT2D eigenvalue weighted by molar-refractivity contribution is 7.99. The molecule has 0 radical (unpaired) electrons. The SMILES string of the molecule is Cc1ccc(C(=O)OCC(=O)Nc2ccc(SC(F)F)cc2)cc1. The molecule has 2 aromatic rings. The first-order valence-electron chi connectivity index (χ1n) is 7.02. The minimum Gasteiger partial charge on any atom is -0.452 e. The van der Waals surface area contributed by atoms with Gasteiger partial charge in [-0.3, -0.25) is 4.79 Å². The second-order valence-electron chi connectivity index (χ2n) is 4.89. The lowest BCUT2D eigenvalue weighted by molar-refractivity contribution is -0.119. The average molecular weight is 351 g/mol. The minimum atomic E-state index is -2.49. The quantitative estimate of drug-likeness (QED) is 0.629. The van der Waals surface area contributed by atoms with Crippen LogP contribution in [0.25, 0.3) is 0 Å². The third-order valence-corrected chi connectivity index (χ3v) is 3.71. The number of anilines is 1. The van der Waals surface area contributed by atoms with Gasteiger partial charge in [-0.2, -0.15) is 8.78 Å². The Morgan fingerprint density at radius 3 is 2.29 bits per heavy atom. The maximum Gasteiger partial charge on any atom is 0.338 e. The standard InChI is InChI=1S/C17H15F2NO3S/c1-11-2-4-12(5-3-11)16(22)23-10-15(21)20-13-6-8-14(9-7-13)24-17(18)19/h2-9,17H,10H2,1H3,(H,20,21). The monoisotopic (exact) mass is 351 g/mol. The highest BCUT2D eigenvalue weighted by Gasteiger charge is 2.10. The van der Waals surface area contributed by atoms with Crippen molar-refractivity contribution in [1.29, 1.82) is 0 Å². The Hall–Kier alpha value is -2.41. The number of ether oxygens (including phenoxy) is 1. The van der Waals surface area contributed by atoms with Crippen molar-refractivity contribution in [2.45, 2.75) is 17.6 Å². The molecule has 0 spiro atoms. The Kier molecular flexibility index (Phi) is 6.31. The normalized spacial score (nSPS) is 10.5. The highest BCUT2D eigenvalue weighted by atomic mass is 32.2. The number of esters is 1. The molecule has 7 heteroatoms. The molecule has 0 saturated carbocycles. The van der Waals surface area contributed by atoms with Gasteiger partial charge in [-0.05, 0) is 43.3 Å². The molecule has 0 atom stereocenters. The largest absolute Gasteiger partial charge is 0.452 e. The van der Waals surface area contributed by atoms with Crippen LogP contribution in [0.4, 0.5) is 14.5 Å². The van der Waals surface area contributed by atoms with Crippen LogP contribution in [0, 0.1) is 6.92 Å². The first-order valence-corrected chi connectivity index (χ1v) is 7.90. The van der Waals surface area contributed by atoms with Crippen molar-refractivity contribution in [3.63, 3.8) is 0 Å². The third-order valence-electron chi connectivity index (χ3n) is 2.98. The van der Waals surface area contributed by atoms with E-state index in [0.717, 1.165) is 5.56 Å². The summed E-state index contributed by atoms with van der Waals surface area (Å²) in [4.78, 5) is 23.9. The zero-order chi connectivity index (χ0) is 17.5. The maximum atomic E-state index is 12.2. The third kappa shape index (κ3) is 5.66. The molecule has 2 rings (SSSR count). The van der Waals surface area contributed by atoms with Gasteiger partial charge in [0.1, 0.15) is 0 Å². The molecule has 0 bridgehead atoms. The number of amides is 1. The zero-order valence-corrected chi connectivity index (χ0v) is 13.6. The van der Waals surface area contributed by atoms with E-state index >= 15 is 0 Å². The fourth-order valence-corrected chi connectivity index (χ4v) is 2.32.